The molecule has 2 fully saturated rings. The summed E-state index contributed by atoms with van der Waals surface area (Å²) >= 11 is 13.5. The Morgan fingerprint density at radius 3 is 2.90 bits per heavy atom. The molecule has 0 aromatic heterocycles. The molecule has 21 heavy (non-hydrogen) atoms. The zero-order chi connectivity index (χ0) is 15.0. The summed E-state index contributed by atoms with van der Waals surface area (Å²) in [7, 11) is 0. The molecule has 0 spiro atoms. The van der Waals surface area contributed by atoms with Crippen LogP contribution in [0.25, 0.3) is 0 Å². The molecule has 1 aromatic carbocycles. The highest BCUT2D eigenvalue weighted by molar-refractivity contribution is 8.00. The lowest BCUT2D eigenvalue weighted by atomic mass is 10.00. The SMILES string of the molecule is O=C(CSc1cc(Cl)ccc1Cl)N1CC2CCC(O)C2C1. The van der Waals surface area contributed by atoms with Gasteiger partial charge in [0.1, 0.15) is 0 Å². The molecule has 0 radical (unpaired) electrons. The van der Waals surface area contributed by atoms with Gasteiger partial charge < -0.3 is 10.0 Å². The van der Waals surface area contributed by atoms with Gasteiger partial charge in [-0.15, -0.1) is 11.8 Å². The molecule has 1 heterocycles. The van der Waals surface area contributed by atoms with Crippen LogP contribution in [0.15, 0.2) is 23.1 Å². The number of carbonyl (C=O) groups excluding carboxylic acids is 1. The number of fused-ring (bicyclic) bond motifs is 1. The first kappa shape index (κ1) is 15.5. The molecule has 1 amide bonds. The fourth-order valence-electron chi connectivity index (χ4n) is 3.26. The second-order valence-corrected chi connectivity index (χ2v) is 7.59. The molecule has 3 rings (SSSR count). The van der Waals surface area contributed by atoms with Crippen molar-refractivity contribution in [2.75, 3.05) is 18.8 Å². The van der Waals surface area contributed by atoms with Crippen molar-refractivity contribution in [2.24, 2.45) is 11.8 Å². The summed E-state index contributed by atoms with van der Waals surface area (Å²) in [6.45, 7) is 1.47. The summed E-state index contributed by atoms with van der Waals surface area (Å²) in [6.07, 6.45) is 1.68. The van der Waals surface area contributed by atoms with Gasteiger partial charge in [-0.25, -0.2) is 0 Å². The van der Waals surface area contributed by atoms with Gasteiger partial charge in [0.2, 0.25) is 5.91 Å². The molecule has 3 nitrogen and oxygen atoms in total. The molecular weight excluding hydrogens is 329 g/mol. The van der Waals surface area contributed by atoms with E-state index in [4.69, 9.17) is 23.2 Å². The molecule has 3 atom stereocenters. The van der Waals surface area contributed by atoms with Crippen molar-refractivity contribution in [2.45, 2.75) is 23.8 Å². The van der Waals surface area contributed by atoms with Gasteiger partial charge in [0, 0.05) is 28.9 Å². The number of hydrogen-bond acceptors (Lipinski definition) is 3. The Kier molecular flexibility index (Phi) is 4.69. The Labute approximate surface area is 138 Å². The molecule has 114 valence electrons. The fourth-order valence-corrected chi connectivity index (χ4v) is 4.65. The summed E-state index contributed by atoms with van der Waals surface area (Å²) in [6, 6.07) is 5.26. The maximum absolute atomic E-state index is 12.3. The predicted molar refractivity (Wildman–Crippen MR) is 86.0 cm³/mol. The number of halogens is 2. The molecular formula is C15H17Cl2NO2S. The van der Waals surface area contributed by atoms with E-state index < -0.39 is 0 Å². The lowest BCUT2D eigenvalue weighted by Gasteiger charge is -2.18. The quantitative estimate of drug-likeness (QED) is 0.854. The average molecular weight is 346 g/mol. The van der Waals surface area contributed by atoms with Crippen molar-refractivity contribution in [3.8, 4) is 0 Å². The topological polar surface area (TPSA) is 40.5 Å². The Morgan fingerprint density at radius 1 is 1.33 bits per heavy atom. The first-order valence-electron chi connectivity index (χ1n) is 7.08. The number of hydrogen-bond donors (Lipinski definition) is 1. The van der Waals surface area contributed by atoms with E-state index in [0.717, 1.165) is 24.3 Å². The molecule has 0 bridgehead atoms. The number of carbonyl (C=O) groups is 1. The Balaban J connectivity index is 1.57. The van der Waals surface area contributed by atoms with Crippen LogP contribution >= 0.6 is 35.0 Å². The molecule has 2 aliphatic rings. The van der Waals surface area contributed by atoms with Crippen LogP contribution in [-0.2, 0) is 4.79 Å². The fraction of sp³-hybridized carbons (Fsp3) is 0.533. The van der Waals surface area contributed by atoms with E-state index >= 15 is 0 Å². The van der Waals surface area contributed by atoms with E-state index in [1.807, 2.05) is 4.90 Å². The Bertz CT molecular complexity index is 554. The standard InChI is InChI=1S/C15H17Cl2NO2S/c16-10-2-3-12(17)14(5-10)21-8-15(20)18-6-9-1-4-13(19)11(9)7-18/h2-3,5,9,11,13,19H,1,4,6-8H2. The Morgan fingerprint density at radius 2 is 2.14 bits per heavy atom. The van der Waals surface area contributed by atoms with Crippen LogP contribution in [0.4, 0.5) is 0 Å². The zero-order valence-electron chi connectivity index (χ0n) is 11.5. The molecule has 6 heteroatoms. The van der Waals surface area contributed by atoms with Gasteiger partial charge in [0.05, 0.1) is 16.9 Å². The van der Waals surface area contributed by atoms with Crippen molar-refractivity contribution in [3.63, 3.8) is 0 Å². The van der Waals surface area contributed by atoms with Gasteiger partial charge in [0.15, 0.2) is 0 Å². The third-order valence-electron chi connectivity index (χ3n) is 4.42. The highest BCUT2D eigenvalue weighted by Crippen LogP contribution is 2.38. The number of nitrogens with zero attached hydrogens (tertiary/aromatic N) is 1. The van der Waals surface area contributed by atoms with E-state index in [1.54, 1.807) is 18.2 Å². The number of benzene rings is 1. The third kappa shape index (κ3) is 3.34. The van der Waals surface area contributed by atoms with Gasteiger partial charge in [-0.2, -0.15) is 0 Å². The van der Waals surface area contributed by atoms with Gasteiger partial charge >= 0.3 is 0 Å². The number of likely N-dealkylation sites (tertiary alicyclic amines) is 1. The number of aliphatic hydroxyl groups is 1. The van der Waals surface area contributed by atoms with Crippen LogP contribution in [-0.4, -0.2) is 40.9 Å². The molecule has 1 aromatic rings. The highest BCUT2D eigenvalue weighted by Gasteiger charge is 2.43. The number of amides is 1. The van der Waals surface area contributed by atoms with Crippen LogP contribution in [0.2, 0.25) is 10.0 Å². The smallest absolute Gasteiger partial charge is 0.232 e. The van der Waals surface area contributed by atoms with E-state index in [2.05, 4.69) is 0 Å². The van der Waals surface area contributed by atoms with Crippen molar-refractivity contribution >= 4 is 40.9 Å². The number of thioether (sulfide) groups is 1. The van der Waals surface area contributed by atoms with E-state index in [0.29, 0.717) is 28.3 Å². The normalized spacial score (nSPS) is 28.0. The maximum atomic E-state index is 12.3. The van der Waals surface area contributed by atoms with Crippen LogP contribution in [0.5, 0.6) is 0 Å². The molecule has 1 aliphatic heterocycles. The van der Waals surface area contributed by atoms with Crippen molar-refractivity contribution in [1.82, 2.24) is 4.90 Å². The lowest BCUT2D eigenvalue weighted by molar-refractivity contribution is -0.127. The molecule has 1 saturated heterocycles. The number of rotatable bonds is 3. The van der Waals surface area contributed by atoms with Crippen molar-refractivity contribution in [3.05, 3.63) is 28.2 Å². The number of aliphatic hydroxyl groups excluding tert-OH is 1. The van der Waals surface area contributed by atoms with Crippen LogP contribution in [0.3, 0.4) is 0 Å². The van der Waals surface area contributed by atoms with Gasteiger partial charge in [0.25, 0.3) is 0 Å². The van der Waals surface area contributed by atoms with Crippen molar-refractivity contribution < 1.29 is 9.90 Å². The average Bonchev–Trinajstić information content (AvgIpc) is 3.02. The highest BCUT2D eigenvalue weighted by atomic mass is 35.5. The second-order valence-electron chi connectivity index (χ2n) is 5.73. The predicted octanol–water partition coefficient (Wildman–Crippen LogP) is 3.31. The first-order chi connectivity index (χ1) is 10.0. The van der Waals surface area contributed by atoms with Crippen LogP contribution in [0.1, 0.15) is 12.8 Å². The first-order valence-corrected chi connectivity index (χ1v) is 8.82. The van der Waals surface area contributed by atoms with Gasteiger partial charge in [-0.05, 0) is 37.0 Å². The second kappa shape index (κ2) is 6.37. The summed E-state index contributed by atoms with van der Waals surface area (Å²) in [4.78, 5) is 15.0. The monoisotopic (exact) mass is 345 g/mol. The lowest BCUT2D eigenvalue weighted by Crippen LogP contribution is -2.32. The van der Waals surface area contributed by atoms with Crippen LogP contribution < -0.4 is 0 Å². The van der Waals surface area contributed by atoms with Gasteiger partial charge in [-0.1, -0.05) is 23.2 Å². The maximum Gasteiger partial charge on any atom is 0.232 e. The van der Waals surface area contributed by atoms with Crippen LogP contribution in [0, 0.1) is 11.8 Å². The largest absolute Gasteiger partial charge is 0.393 e. The Hall–Kier alpha value is -0.420. The summed E-state index contributed by atoms with van der Waals surface area (Å²) < 4.78 is 0. The van der Waals surface area contributed by atoms with E-state index in [1.165, 1.54) is 11.8 Å². The minimum absolute atomic E-state index is 0.109. The molecule has 1 saturated carbocycles. The summed E-state index contributed by atoms with van der Waals surface area (Å²) in [5.41, 5.74) is 0. The minimum atomic E-state index is -0.233. The minimum Gasteiger partial charge on any atom is -0.393 e. The summed E-state index contributed by atoms with van der Waals surface area (Å²) in [5, 5.41) is 11.1. The molecule has 3 unspecified atom stereocenters. The van der Waals surface area contributed by atoms with E-state index in [9.17, 15) is 9.90 Å². The molecule has 1 N–H and O–H groups in total. The third-order valence-corrected chi connectivity index (χ3v) is 6.13. The van der Waals surface area contributed by atoms with E-state index in [-0.39, 0.29) is 17.9 Å². The molecule has 1 aliphatic carbocycles. The summed E-state index contributed by atoms with van der Waals surface area (Å²) in [5.74, 6) is 1.21. The zero-order valence-corrected chi connectivity index (χ0v) is 13.8. The van der Waals surface area contributed by atoms with Gasteiger partial charge in [-0.3, -0.25) is 4.79 Å². The van der Waals surface area contributed by atoms with Crippen molar-refractivity contribution in [1.29, 1.82) is 0 Å².